The minimum atomic E-state index is 0.424. The molecule has 102 valence electrons. The molecule has 1 aromatic heterocycles. The van der Waals surface area contributed by atoms with Gasteiger partial charge in [0.2, 0.25) is 0 Å². The van der Waals surface area contributed by atoms with Gasteiger partial charge in [0.1, 0.15) is 0 Å². The van der Waals surface area contributed by atoms with Gasteiger partial charge in [0.25, 0.3) is 0 Å². The molecule has 0 spiro atoms. The van der Waals surface area contributed by atoms with Crippen molar-refractivity contribution >= 4 is 0 Å². The zero-order valence-electron chi connectivity index (χ0n) is 12.0. The van der Waals surface area contributed by atoms with E-state index in [0.29, 0.717) is 11.5 Å². The van der Waals surface area contributed by atoms with E-state index < -0.39 is 0 Å². The van der Waals surface area contributed by atoms with Gasteiger partial charge in [-0.05, 0) is 24.2 Å². The minimum absolute atomic E-state index is 0.424. The molecule has 1 fully saturated rings. The van der Waals surface area contributed by atoms with E-state index in [2.05, 4.69) is 35.6 Å². The van der Waals surface area contributed by atoms with Crippen LogP contribution in [0.4, 0.5) is 0 Å². The summed E-state index contributed by atoms with van der Waals surface area (Å²) < 4.78 is 2.14. The molecule has 0 amide bonds. The summed E-state index contributed by atoms with van der Waals surface area (Å²) in [4.78, 5) is 4.08. The molecule has 0 aliphatic heterocycles. The number of aromatic nitrogens is 2. The van der Waals surface area contributed by atoms with Gasteiger partial charge >= 0.3 is 0 Å². The van der Waals surface area contributed by atoms with E-state index >= 15 is 0 Å². The van der Waals surface area contributed by atoms with E-state index in [0.717, 1.165) is 19.0 Å². The molecular weight excluding hydrogens is 222 g/mol. The first-order valence-corrected chi connectivity index (χ1v) is 7.26. The molecule has 0 saturated heterocycles. The number of hydrogen-bond donors (Lipinski definition) is 1. The predicted molar refractivity (Wildman–Crippen MR) is 75.4 cm³/mol. The summed E-state index contributed by atoms with van der Waals surface area (Å²) in [5, 5.41) is 3.77. The molecular formula is C15H27N3. The summed E-state index contributed by atoms with van der Waals surface area (Å²) in [6.07, 6.45) is 11.3. The molecule has 1 saturated carbocycles. The largest absolute Gasteiger partial charge is 0.336 e. The summed E-state index contributed by atoms with van der Waals surface area (Å²) in [6, 6.07) is 0.697. The Morgan fingerprint density at radius 2 is 2.06 bits per heavy atom. The van der Waals surface area contributed by atoms with E-state index in [-0.39, 0.29) is 0 Å². The first kappa shape index (κ1) is 13.6. The zero-order chi connectivity index (χ0) is 13.0. The highest BCUT2D eigenvalue weighted by molar-refractivity contribution is 4.88. The number of hydrogen-bond acceptors (Lipinski definition) is 2. The van der Waals surface area contributed by atoms with E-state index in [9.17, 15) is 0 Å². The number of rotatable bonds is 4. The van der Waals surface area contributed by atoms with Gasteiger partial charge in [-0.3, -0.25) is 0 Å². The average molecular weight is 249 g/mol. The van der Waals surface area contributed by atoms with Gasteiger partial charge in [-0.2, -0.15) is 0 Å². The lowest BCUT2D eigenvalue weighted by atomic mass is 9.69. The van der Waals surface area contributed by atoms with Crippen LogP contribution in [0.1, 0.15) is 46.5 Å². The fraction of sp³-hybridized carbons (Fsp3) is 0.800. The summed E-state index contributed by atoms with van der Waals surface area (Å²) in [5.74, 6) is 0.814. The van der Waals surface area contributed by atoms with Crippen molar-refractivity contribution in [3.63, 3.8) is 0 Å². The van der Waals surface area contributed by atoms with Crippen molar-refractivity contribution in [2.75, 3.05) is 6.54 Å². The summed E-state index contributed by atoms with van der Waals surface area (Å²) in [6.45, 7) is 9.22. The lowest BCUT2D eigenvalue weighted by Crippen LogP contribution is -2.45. The molecule has 1 aliphatic carbocycles. The van der Waals surface area contributed by atoms with Crippen molar-refractivity contribution in [3.05, 3.63) is 18.7 Å². The van der Waals surface area contributed by atoms with E-state index in [4.69, 9.17) is 0 Å². The molecule has 2 unspecified atom stereocenters. The van der Waals surface area contributed by atoms with Gasteiger partial charge in [-0.25, -0.2) is 4.98 Å². The van der Waals surface area contributed by atoms with E-state index in [1.54, 1.807) is 0 Å². The van der Waals surface area contributed by atoms with Gasteiger partial charge in [0, 0.05) is 31.5 Å². The molecule has 3 heteroatoms. The third-order valence-electron chi connectivity index (χ3n) is 4.21. The first-order valence-electron chi connectivity index (χ1n) is 7.26. The second-order valence-electron chi connectivity index (χ2n) is 6.62. The van der Waals surface area contributed by atoms with Crippen LogP contribution >= 0.6 is 0 Å². The highest BCUT2D eigenvalue weighted by Crippen LogP contribution is 2.37. The second kappa shape index (κ2) is 5.87. The Labute approximate surface area is 111 Å². The van der Waals surface area contributed by atoms with Crippen LogP contribution in [-0.2, 0) is 6.54 Å². The molecule has 1 N–H and O–H groups in total. The van der Waals surface area contributed by atoms with Crippen LogP contribution < -0.4 is 5.32 Å². The normalized spacial score (nSPS) is 25.3. The maximum Gasteiger partial charge on any atom is 0.0946 e. The SMILES string of the molecule is CC(C)(C)C1CCCCC1NCCn1ccnc1. The molecule has 0 aromatic carbocycles. The highest BCUT2D eigenvalue weighted by Gasteiger charge is 2.33. The number of imidazole rings is 1. The second-order valence-corrected chi connectivity index (χ2v) is 6.62. The van der Waals surface area contributed by atoms with E-state index in [1.807, 2.05) is 18.7 Å². The lowest BCUT2D eigenvalue weighted by molar-refractivity contribution is 0.130. The third kappa shape index (κ3) is 3.58. The molecule has 2 rings (SSSR count). The van der Waals surface area contributed by atoms with Crippen LogP contribution in [0.5, 0.6) is 0 Å². The van der Waals surface area contributed by atoms with Crippen molar-refractivity contribution in [2.45, 2.75) is 59.0 Å². The Balaban J connectivity index is 1.82. The molecule has 2 atom stereocenters. The summed E-state index contributed by atoms with van der Waals surface area (Å²) >= 11 is 0. The predicted octanol–water partition coefficient (Wildman–Crippen LogP) is 3.08. The fourth-order valence-electron chi connectivity index (χ4n) is 3.21. The van der Waals surface area contributed by atoms with Crippen LogP contribution in [-0.4, -0.2) is 22.1 Å². The highest BCUT2D eigenvalue weighted by atomic mass is 15.1. The Kier molecular flexibility index (Phi) is 4.44. The Morgan fingerprint density at radius 3 is 2.72 bits per heavy atom. The Hall–Kier alpha value is -0.830. The van der Waals surface area contributed by atoms with Crippen LogP contribution in [0.15, 0.2) is 18.7 Å². The molecule has 3 nitrogen and oxygen atoms in total. The summed E-state index contributed by atoms with van der Waals surface area (Å²) in [5.41, 5.74) is 0.424. The van der Waals surface area contributed by atoms with Crippen molar-refractivity contribution < 1.29 is 0 Å². The Morgan fingerprint density at radius 1 is 1.28 bits per heavy atom. The van der Waals surface area contributed by atoms with Crippen LogP contribution in [0, 0.1) is 11.3 Å². The first-order chi connectivity index (χ1) is 8.57. The monoisotopic (exact) mass is 249 g/mol. The number of nitrogens with one attached hydrogen (secondary N) is 1. The van der Waals surface area contributed by atoms with Crippen LogP contribution in [0.2, 0.25) is 0 Å². The number of nitrogens with zero attached hydrogens (tertiary/aromatic N) is 2. The maximum absolute atomic E-state index is 4.08. The molecule has 1 aliphatic rings. The van der Waals surface area contributed by atoms with E-state index in [1.165, 1.54) is 25.7 Å². The summed E-state index contributed by atoms with van der Waals surface area (Å²) in [7, 11) is 0. The molecule has 18 heavy (non-hydrogen) atoms. The molecule has 0 radical (unpaired) electrons. The van der Waals surface area contributed by atoms with Crippen molar-refractivity contribution in [1.82, 2.24) is 14.9 Å². The minimum Gasteiger partial charge on any atom is -0.336 e. The Bertz CT molecular complexity index is 337. The van der Waals surface area contributed by atoms with Crippen molar-refractivity contribution in [3.8, 4) is 0 Å². The van der Waals surface area contributed by atoms with Gasteiger partial charge in [-0.1, -0.05) is 33.6 Å². The smallest absolute Gasteiger partial charge is 0.0946 e. The van der Waals surface area contributed by atoms with Crippen molar-refractivity contribution in [2.24, 2.45) is 11.3 Å². The quantitative estimate of drug-likeness (QED) is 0.888. The fourth-order valence-corrected chi connectivity index (χ4v) is 3.21. The molecule has 0 bridgehead atoms. The average Bonchev–Trinajstić information content (AvgIpc) is 2.81. The van der Waals surface area contributed by atoms with Crippen molar-refractivity contribution in [1.29, 1.82) is 0 Å². The molecule has 1 heterocycles. The van der Waals surface area contributed by atoms with Gasteiger partial charge in [0.15, 0.2) is 0 Å². The topological polar surface area (TPSA) is 29.9 Å². The van der Waals surface area contributed by atoms with Gasteiger partial charge in [0.05, 0.1) is 6.33 Å². The van der Waals surface area contributed by atoms with Gasteiger partial charge in [-0.15, -0.1) is 0 Å². The van der Waals surface area contributed by atoms with Gasteiger partial charge < -0.3 is 9.88 Å². The maximum atomic E-state index is 4.08. The third-order valence-corrected chi connectivity index (χ3v) is 4.21. The lowest BCUT2D eigenvalue weighted by Gasteiger charge is -2.41. The van der Waals surface area contributed by atoms with Crippen LogP contribution in [0.25, 0.3) is 0 Å². The molecule has 1 aromatic rings. The zero-order valence-corrected chi connectivity index (χ0v) is 12.0. The standard InChI is InChI=1S/C15H27N3/c1-15(2,3)13-6-4-5-7-14(13)17-9-11-18-10-8-16-12-18/h8,10,12-14,17H,4-7,9,11H2,1-3H3. The van der Waals surface area contributed by atoms with Crippen LogP contribution in [0.3, 0.4) is 0 Å².